The SMILES string of the molecule is Cc1ccc(CC(=O)N2CCO[C@]3(C2)C(=O)N(C)C[C@H]3c2ccccc2)cc1. The third-order valence-electron chi connectivity index (χ3n) is 5.91. The molecule has 2 amide bonds. The van der Waals surface area contributed by atoms with Gasteiger partial charge in [-0.2, -0.15) is 0 Å². The molecule has 2 aromatic carbocycles. The Labute approximate surface area is 165 Å². The number of carbonyl (C=O) groups excluding carboxylic acids is 2. The Kier molecular flexibility index (Phi) is 4.94. The Bertz CT molecular complexity index is 865. The van der Waals surface area contributed by atoms with Gasteiger partial charge in [-0.15, -0.1) is 0 Å². The number of likely N-dealkylation sites (tertiary alicyclic amines) is 1. The molecule has 0 unspecified atom stereocenters. The summed E-state index contributed by atoms with van der Waals surface area (Å²) in [6.07, 6.45) is 0.344. The molecule has 0 aliphatic carbocycles. The van der Waals surface area contributed by atoms with Crippen molar-refractivity contribution < 1.29 is 14.3 Å². The summed E-state index contributed by atoms with van der Waals surface area (Å²) in [5.41, 5.74) is 2.25. The Morgan fingerprint density at radius 1 is 1.14 bits per heavy atom. The molecule has 0 radical (unpaired) electrons. The van der Waals surface area contributed by atoms with Crippen LogP contribution in [0.3, 0.4) is 0 Å². The molecule has 0 saturated carbocycles. The summed E-state index contributed by atoms with van der Waals surface area (Å²) in [5, 5.41) is 0. The van der Waals surface area contributed by atoms with Crippen molar-refractivity contribution in [2.75, 3.05) is 33.3 Å². The molecule has 0 bridgehead atoms. The highest BCUT2D eigenvalue weighted by Gasteiger charge is 2.57. The van der Waals surface area contributed by atoms with Crippen LogP contribution in [0, 0.1) is 6.92 Å². The third kappa shape index (κ3) is 3.31. The smallest absolute Gasteiger partial charge is 0.257 e. The minimum atomic E-state index is -0.989. The molecule has 5 heteroatoms. The first-order valence-corrected chi connectivity index (χ1v) is 9.77. The van der Waals surface area contributed by atoms with Gasteiger partial charge < -0.3 is 14.5 Å². The first-order valence-electron chi connectivity index (χ1n) is 9.77. The summed E-state index contributed by atoms with van der Waals surface area (Å²) in [6.45, 7) is 3.83. The topological polar surface area (TPSA) is 49.9 Å². The van der Waals surface area contributed by atoms with Gasteiger partial charge in [-0.1, -0.05) is 60.2 Å². The van der Waals surface area contributed by atoms with Crippen molar-refractivity contribution in [3.8, 4) is 0 Å². The van der Waals surface area contributed by atoms with Crippen LogP contribution in [0.15, 0.2) is 54.6 Å². The molecule has 28 heavy (non-hydrogen) atoms. The van der Waals surface area contributed by atoms with E-state index in [-0.39, 0.29) is 17.7 Å². The van der Waals surface area contributed by atoms with Gasteiger partial charge in [0, 0.05) is 26.1 Å². The Hall–Kier alpha value is -2.66. The van der Waals surface area contributed by atoms with Gasteiger partial charge in [0.2, 0.25) is 5.91 Å². The number of carbonyl (C=O) groups is 2. The molecule has 2 aromatic rings. The van der Waals surface area contributed by atoms with Gasteiger partial charge >= 0.3 is 0 Å². The highest BCUT2D eigenvalue weighted by molar-refractivity contribution is 5.90. The fraction of sp³-hybridized carbons (Fsp3) is 0.391. The zero-order valence-corrected chi connectivity index (χ0v) is 16.4. The molecule has 4 rings (SSSR count). The lowest BCUT2D eigenvalue weighted by molar-refractivity contribution is -0.166. The van der Waals surface area contributed by atoms with Gasteiger partial charge in [0.1, 0.15) is 0 Å². The summed E-state index contributed by atoms with van der Waals surface area (Å²) in [5.74, 6) is -0.0731. The second-order valence-electron chi connectivity index (χ2n) is 7.86. The second-order valence-corrected chi connectivity index (χ2v) is 7.86. The number of aryl methyl sites for hydroxylation is 1. The van der Waals surface area contributed by atoms with E-state index < -0.39 is 5.60 Å². The fourth-order valence-corrected chi connectivity index (χ4v) is 4.33. The second kappa shape index (κ2) is 7.40. The average Bonchev–Trinajstić information content (AvgIpc) is 2.95. The fourth-order valence-electron chi connectivity index (χ4n) is 4.33. The number of amides is 2. The molecule has 5 nitrogen and oxygen atoms in total. The van der Waals surface area contributed by atoms with Crippen molar-refractivity contribution in [1.29, 1.82) is 0 Å². The Balaban J connectivity index is 1.57. The van der Waals surface area contributed by atoms with Crippen LogP contribution in [-0.4, -0.2) is 60.5 Å². The molecule has 2 fully saturated rings. The Morgan fingerprint density at radius 3 is 2.57 bits per heavy atom. The van der Waals surface area contributed by atoms with Crippen LogP contribution in [0.5, 0.6) is 0 Å². The van der Waals surface area contributed by atoms with Crippen LogP contribution >= 0.6 is 0 Å². The minimum Gasteiger partial charge on any atom is -0.361 e. The van der Waals surface area contributed by atoms with Crippen molar-refractivity contribution in [3.63, 3.8) is 0 Å². The van der Waals surface area contributed by atoms with Crippen LogP contribution in [-0.2, 0) is 20.7 Å². The number of hydrogen-bond donors (Lipinski definition) is 0. The molecular formula is C23H26N2O3. The van der Waals surface area contributed by atoms with E-state index in [4.69, 9.17) is 4.74 Å². The number of likely N-dealkylation sites (N-methyl/N-ethyl adjacent to an activating group) is 1. The third-order valence-corrected chi connectivity index (χ3v) is 5.91. The first kappa shape index (κ1) is 18.7. The van der Waals surface area contributed by atoms with E-state index in [1.165, 1.54) is 5.56 Å². The Morgan fingerprint density at radius 2 is 1.86 bits per heavy atom. The summed E-state index contributed by atoms with van der Waals surface area (Å²) >= 11 is 0. The molecule has 2 heterocycles. The monoisotopic (exact) mass is 378 g/mol. The molecule has 2 saturated heterocycles. The number of nitrogens with zero attached hydrogens (tertiary/aromatic N) is 2. The lowest BCUT2D eigenvalue weighted by Crippen LogP contribution is -2.59. The largest absolute Gasteiger partial charge is 0.361 e. The van der Waals surface area contributed by atoms with Gasteiger partial charge in [0.15, 0.2) is 5.60 Å². The normalized spacial score (nSPS) is 24.8. The summed E-state index contributed by atoms with van der Waals surface area (Å²) in [7, 11) is 1.81. The van der Waals surface area contributed by atoms with E-state index in [2.05, 4.69) is 0 Å². The number of morpholine rings is 1. The molecule has 2 aliphatic heterocycles. The molecule has 2 atom stereocenters. The van der Waals surface area contributed by atoms with E-state index >= 15 is 0 Å². The van der Waals surface area contributed by atoms with E-state index in [0.29, 0.717) is 32.7 Å². The van der Waals surface area contributed by atoms with Crippen molar-refractivity contribution in [3.05, 3.63) is 71.3 Å². The van der Waals surface area contributed by atoms with Crippen LogP contribution in [0.2, 0.25) is 0 Å². The number of rotatable bonds is 3. The van der Waals surface area contributed by atoms with Crippen molar-refractivity contribution in [2.45, 2.75) is 24.9 Å². The van der Waals surface area contributed by atoms with Gasteiger partial charge in [0.25, 0.3) is 5.91 Å². The molecule has 146 valence electrons. The van der Waals surface area contributed by atoms with Crippen molar-refractivity contribution in [1.82, 2.24) is 9.80 Å². The molecule has 2 aliphatic rings. The highest BCUT2D eigenvalue weighted by Crippen LogP contribution is 2.41. The van der Waals surface area contributed by atoms with E-state index in [9.17, 15) is 9.59 Å². The highest BCUT2D eigenvalue weighted by atomic mass is 16.5. The maximum atomic E-state index is 13.1. The first-order chi connectivity index (χ1) is 13.5. The molecule has 1 spiro atoms. The molecular weight excluding hydrogens is 352 g/mol. The van der Waals surface area contributed by atoms with Crippen LogP contribution in [0.1, 0.15) is 22.6 Å². The van der Waals surface area contributed by atoms with E-state index in [1.807, 2.05) is 68.6 Å². The quantitative estimate of drug-likeness (QED) is 0.824. The zero-order chi connectivity index (χ0) is 19.7. The maximum absolute atomic E-state index is 13.1. The van der Waals surface area contributed by atoms with Gasteiger partial charge in [0.05, 0.1) is 19.6 Å². The van der Waals surface area contributed by atoms with Crippen LogP contribution in [0.25, 0.3) is 0 Å². The minimum absolute atomic E-state index is 0.0332. The van der Waals surface area contributed by atoms with Gasteiger partial charge in [-0.05, 0) is 18.1 Å². The van der Waals surface area contributed by atoms with Gasteiger partial charge in [-0.25, -0.2) is 0 Å². The standard InChI is InChI=1S/C23H26N2O3/c1-17-8-10-18(11-9-17)14-21(26)25-12-13-28-23(16-25)20(15-24(2)22(23)27)19-6-4-3-5-7-19/h3-11,20H,12-16H2,1-2H3/t20-,23-/m0/s1. The van der Waals surface area contributed by atoms with Crippen LogP contribution < -0.4 is 0 Å². The van der Waals surface area contributed by atoms with Crippen molar-refractivity contribution >= 4 is 11.8 Å². The number of hydrogen-bond acceptors (Lipinski definition) is 3. The average molecular weight is 378 g/mol. The zero-order valence-electron chi connectivity index (χ0n) is 16.4. The summed E-state index contributed by atoms with van der Waals surface area (Å²) in [4.78, 5) is 29.6. The molecule has 0 N–H and O–H groups in total. The lowest BCUT2D eigenvalue weighted by atomic mass is 9.83. The predicted molar refractivity (Wildman–Crippen MR) is 107 cm³/mol. The van der Waals surface area contributed by atoms with E-state index in [0.717, 1.165) is 11.1 Å². The van der Waals surface area contributed by atoms with E-state index in [1.54, 1.807) is 9.80 Å². The summed E-state index contributed by atoms with van der Waals surface area (Å²) in [6, 6.07) is 18.0. The number of ether oxygens (including phenoxy) is 1. The lowest BCUT2D eigenvalue weighted by Gasteiger charge is -2.42. The summed E-state index contributed by atoms with van der Waals surface area (Å²) < 4.78 is 6.14. The van der Waals surface area contributed by atoms with Gasteiger partial charge in [-0.3, -0.25) is 9.59 Å². The number of benzene rings is 2. The maximum Gasteiger partial charge on any atom is 0.257 e. The van der Waals surface area contributed by atoms with Crippen molar-refractivity contribution in [2.24, 2.45) is 0 Å². The molecule has 0 aromatic heterocycles. The van der Waals surface area contributed by atoms with Crippen LogP contribution in [0.4, 0.5) is 0 Å². The predicted octanol–water partition coefficient (Wildman–Crippen LogP) is 2.39.